The second-order valence-corrected chi connectivity index (χ2v) is 8.12. The van der Waals surface area contributed by atoms with Gasteiger partial charge in [-0.25, -0.2) is 4.99 Å². The first-order valence-corrected chi connectivity index (χ1v) is 10.5. The van der Waals surface area contributed by atoms with Crippen LogP contribution in [-0.2, 0) is 4.79 Å². The summed E-state index contributed by atoms with van der Waals surface area (Å²) in [6, 6.07) is 9.15. The summed E-state index contributed by atoms with van der Waals surface area (Å²) >= 11 is 10.9. The lowest BCUT2D eigenvalue weighted by Crippen LogP contribution is -2.19. The van der Waals surface area contributed by atoms with E-state index in [1.54, 1.807) is 13.2 Å². The number of rotatable bonds is 5. The number of amides is 1. The molecule has 2 aromatic carbocycles. The fourth-order valence-electron chi connectivity index (χ4n) is 2.54. The van der Waals surface area contributed by atoms with E-state index < -0.39 is 0 Å². The van der Waals surface area contributed by atoms with Gasteiger partial charge >= 0.3 is 0 Å². The first-order chi connectivity index (χ1) is 13.4. The highest BCUT2D eigenvalue weighted by Gasteiger charge is 2.24. The molecular weight excluding hydrogens is 464 g/mol. The molecule has 0 radical (unpaired) electrons. The minimum Gasteiger partial charge on any atom is -0.493 e. The fourth-order valence-corrected chi connectivity index (χ4v) is 3.97. The van der Waals surface area contributed by atoms with E-state index in [0.29, 0.717) is 33.2 Å². The van der Waals surface area contributed by atoms with Crippen molar-refractivity contribution >= 4 is 62.1 Å². The monoisotopic (exact) mass is 480 g/mol. The lowest BCUT2D eigenvalue weighted by atomic mass is 10.2. The molecule has 1 amide bonds. The van der Waals surface area contributed by atoms with Crippen LogP contribution in [0.3, 0.4) is 0 Å². The number of nitrogens with zero attached hydrogens (tertiary/aromatic N) is 1. The second kappa shape index (κ2) is 9.03. The summed E-state index contributed by atoms with van der Waals surface area (Å²) in [7, 11) is 1.59. The molecule has 0 atom stereocenters. The Kier molecular flexibility index (Phi) is 6.69. The second-order valence-electron chi connectivity index (χ2n) is 5.82. The smallest absolute Gasteiger partial charge is 0.264 e. The summed E-state index contributed by atoms with van der Waals surface area (Å²) in [5.41, 5.74) is 2.39. The Balaban J connectivity index is 1.92. The van der Waals surface area contributed by atoms with Crippen LogP contribution < -0.4 is 14.8 Å². The largest absolute Gasteiger partial charge is 0.493 e. The third-order valence-corrected chi connectivity index (χ3v) is 5.99. The fraction of sp³-hybridized carbons (Fsp3) is 0.200. The summed E-state index contributed by atoms with van der Waals surface area (Å²) in [4.78, 5) is 17.5. The molecule has 0 spiro atoms. The zero-order valence-electron chi connectivity index (χ0n) is 15.5. The maximum absolute atomic E-state index is 12.4. The van der Waals surface area contributed by atoms with Crippen LogP contribution in [0.5, 0.6) is 11.5 Å². The van der Waals surface area contributed by atoms with E-state index in [-0.39, 0.29) is 5.91 Å². The zero-order valence-corrected chi connectivity index (χ0v) is 18.7. The number of ether oxygens (including phenoxy) is 2. The Morgan fingerprint density at radius 3 is 2.82 bits per heavy atom. The van der Waals surface area contributed by atoms with Crippen LogP contribution in [-0.4, -0.2) is 24.8 Å². The molecule has 28 heavy (non-hydrogen) atoms. The van der Waals surface area contributed by atoms with Crippen LogP contribution in [0.25, 0.3) is 6.08 Å². The topological polar surface area (TPSA) is 59.9 Å². The molecule has 1 aliphatic heterocycles. The van der Waals surface area contributed by atoms with E-state index in [1.807, 2.05) is 44.2 Å². The van der Waals surface area contributed by atoms with E-state index in [1.165, 1.54) is 11.8 Å². The number of methoxy groups -OCH3 is 1. The molecule has 0 unspecified atom stereocenters. The number of carbonyl (C=O) groups excluding carboxylic acids is 1. The Labute approximate surface area is 181 Å². The molecule has 0 aliphatic carbocycles. The molecule has 1 aliphatic rings. The van der Waals surface area contributed by atoms with Gasteiger partial charge in [0.15, 0.2) is 16.7 Å². The van der Waals surface area contributed by atoms with Crippen LogP contribution in [0.2, 0.25) is 5.02 Å². The Morgan fingerprint density at radius 2 is 2.11 bits per heavy atom. The van der Waals surface area contributed by atoms with Gasteiger partial charge < -0.3 is 14.8 Å². The highest BCUT2D eigenvalue weighted by molar-refractivity contribution is 9.10. The summed E-state index contributed by atoms with van der Waals surface area (Å²) in [6.45, 7) is 4.31. The van der Waals surface area contributed by atoms with Crippen LogP contribution in [0.4, 0.5) is 5.69 Å². The van der Waals surface area contributed by atoms with Gasteiger partial charge in [-0.2, -0.15) is 0 Å². The molecule has 1 saturated heterocycles. The molecular formula is C20H18BrClN2O3S. The highest BCUT2D eigenvalue weighted by atomic mass is 79.9. The van der Waals surface area contributed by atoms with Crippen molar-refractivity contribution in [3.05, 3.63) is 55.9 Å². The third kappa shape index (κ3) is 4.54. The van der Waals surface area contributed by atoms with E-state index in [4.69, 9.17) is 21.1 Å². The number of nitrogens with one attached hydrogen (secondary N) is 1. The van der Waals surface area contributed by atoms with Crippen molar-refractivity contribution in [3.63, 3.8) is 0 Å². The summed E-state index contributed by atoms with van der Waals surface area (Å²) < 4.78 is 11.8. The number of aliphatic imine (C=N–C) groups is 1. The van der Waals surface area contributed by atoms with Gasteiger partial charge in [0.1, 0.15) is 0 Å². The maximum Gasteiger partial charge on any atom is 0.264 e. The number of halogens is 2. The summed E-state index contributed by atoms with van der Waals surface area (Å²) in [6.07, 6.45) is 1.79. The van der Waals surface area contributed by atoms with Crippen LogP contribution in [0.1, 0.15) is 18.1 Å². The number of carbonyl (C=O) groups is 1. The van der Waals surface area contributed by atoms with E-state index >= 15 is 0 Å². The maximum atomic E-state index is 12.4. The van der Waals surface area contributed by atoms with Gasteiger partial charge in [0.25, 0.3) is 5.91 Å². The summed E-state index contributed by atoms with van der Waals surface area (Å²) in [5.74, 6) is 1.04. The first-order valence-electron chi connectivity index (χ1n) is 8.48. The van der Waals surface area contributed by atoms with Crippen molar-refractivity contribution in [3.8, 4) is 11.5 Å². The Morgan fingerprint density at radius 1 is 1.32 bits per heavy atom. The van der Waals surface area contributed by atoms with Crippen LogP contribution >= 0.6 is 39.3 Å². The van der Waals surface area contributed by atoms with Gasteiger partial charge in [0.05, 0.1) is 24.3 Å². The predicted molar refractivity (Wildman–Crippen MR) is 119 cm³/mol. The SMILES string of the molecule is CCOc1cc(/C=C2\SC(=Nc3cccc(Cl)c3C)NC2=O)c(Br)cc1OC. The van der Waals surface area contributed by atoms with Crippen molar-refractivity contribution in [1.29, 1.82) is 0 Å². The van der Waals surface area contributed by atoms with Crippen molar-refractivity contribution in [2.45, 2.75) is 13.8 Å². The van der Waals surface area contributed by atoms with Gasteiger partial charge in [-0.15, -0.1) is 0 Å². The molecule has 1 N–H and O–H groups in total. The van der Waals surface area contributed by atoms with Gasteiger partial charge in [0.2, 0.25) is 0 Å². The molecule has 0 aromatic heterocycles. The molecule has 1 fully saturated rings. The lowest BCUT2D eigenvalue weighted by molar-refractivity contribution is -0.115. The number of benzene rings is 2. The minimum absolute atomic E-state index is 0.205. The quantitative estimate of drug-likeness (QED) is 0.556. The molecule has 0 bridgehead atoms. The average molecular weight is 482 g/mol. The van der Waals surface area contributed by atoms with Gasteiger partial charge in [-0.3, -0.25) is 4.79 Å². The molecule has 3 rings (SSSR count). The van der Waals surface area contributed by atoms with Crippen molar-refractivity contribution in [2.24, 2.45) is 4.99 Å². The number of amidine groups is 1. The first kappa shape index (κ1) is 20.8. The minimum atomic E-state index is -0.205. The molecule has 1 heterocycles. The Bertz CT molecular complexity index is 992. The van der Waals surface area contributed by atoms with Crippen molar-refractivity contribution < 1.29 is 14.3 Å². The van der Waals surface area contributed by atoms with Crippen LogP contribution in [0.15, 0.2) is 44.7 Å². The zero-order chi connectivity index (χ0) is 20.3. The van der Waals surface area contributed by atoms with E-state index in [2.05, 4.69) is 26.2 Å². The molecule has 146 valence electrons. The van der Waals surface area contributed by atoms with Crippen LogP contribution in [0, 0.1) is 6.92 Å². The van der Waals surface area contributed by atoms with Gasteiger partial charge in [0, 0.05) is 9.50 Å². The lowest BCUT2D eigenvalue weighted by Gasteiger charge is -2.11. The van der Waals surface area contributed by atoms with Crippen molar-refractivity contribution in [2.75, 3.05) is 13.7 Å². The number of hydrogen-bond donors (Lipinski definition) is 1. The summed E-state index contributed by atoms with van der Waals surface area (Å²) in [5, 5.41) is 3.94. The van der Waals surface area contributed by atoms with Crippen molar-refractivity contribution in [1.82, 2.24) is 5.32 Å². The van der Waals surface area contributed by atoms with E-state index in [0.717, 1.165) is 21.3 Å². The number of thioether (sulfide) groups is 1. The third-order valence-electron chi connectivity index (χ3n) is 3.98. The predicted octanol–water partition coefficient (Wildman–Crippen LogP) is 5.71. The van der Waals surface area contributed by atoms with Gasteiger partial charge in [-0.05, 0) is 67.1 Å². The van der Waals surface area contributed by atoms with Gasteiger partial charge in [-0.1, -0.05) is 33.6 Å². The molecule has 8 heteroatoms. The van der Waals surface area contributed by atoms with E-state index in [9.17, 15) is 4.79 Å². The number of hydrogen-bond acceptors (Lipinski definition) is 5. The highest BCUT2D eigenvalue weighted by Crippen LogP contribution is 2.37. The molecule has 2 aromatic rings. The molecule has 5 nitrogen and oxygen atoms in total. The molecule has 0 saturated carbocycles. The standard InChI is InChI=1S/C20H18BrClN2O3S/c1-4-27-17-8-12(13(21)10-16(17)26-3)9-18-19(25)24-20(28-18)23-15-7-5-6-14(22)11(15)2/h5-10H,4H2,1-3H3,(H,23,24,25)/b18-9-. The average Bonchev–Trinajstić information content (AvgIpc) is 3.00. The Hall–Kier alpha value is -1.96. The normalized spacial score (nSPS) is 16.5.